The van der Waals surface area contributed by atoms with E-state index in [1.54, 1.807) is 0 Å². The molecule has 0 bridgehead atoms. The van der Waals surface area contributed by atoms with Crippen molar-refractivity contribution in [3.8, 4) is 11.4 Å². The third-order valence-corrected chi connectivity index (χ3v) is 5.71. The molecule has 9 nitrogen and oxygen atoms in total. The Morgan fingerprint density at radius 1 is 0.971 bits per heavy atom. The fourth-order valence-corrected chi connectivity index (χ4v) is 4.05. The molecule has 1 amide bonds. The van der Waals surface area contributed by atoms with Gasteiger partial charge in [0.1, 0.15) is 17.4 Å². The van der Waals surface area contributed by atoms with Gasteiger partial charge in [-0.25, -0.2) is 19.9 Å². The van der Waals surface area contributed by atoms with Gasteiger partial charge >= 0.3 is 0 Å². The lowest BCUT2D eigenvalue weighted by atomic mass is 10.1. The first-order valence-corrected chi connectivity index (χ1v) is 10.9. The van der Waals surface area contributed by atoms with E-state index in [1.807, 2.05) is 48.5 Å². The van der Waals surface area contributed by atoms with E-state index in [1.165, 1.54) is 18.7 Å². The predicted molar refractivity (Wildman–Crippen MR) is 128 cm³/mol. The second-order valence-electron chi connectivity index (χ2n) is 7.91. The third kappa shape index (κ3) is 3.71. The lowest BCUT2D eigenvalue weighted by molar-refractivity contribution is 0.102. The first-order chi connectivity index (χ1) is 16.8. The Balaban J connectivity index is 1.44. The molecule has 1 fully saturated rings. The van der Waals surface area contributed by atoms with Crippen LogP contribution < -0.4 is 10.2 Å². The van der Waals surface area contributed by atoms with Gasteiger partial charge in [-0.2, -0.15) is 0 Å². The number of benzene rings is 2. The Morgan fingerprint density at radius 2 is 1.79 bits per heavy atom. The molecule has 0 spiro atoms. The van der Waals surface area contributed by atoms with Crippen molar-refractivity contribution in [3.05, 3.63) is 72.8 Å². The highest BCUT2D eigenvalue weighted by molar-refractivity contribution is 6.06. The zero-order valence-electron chi connectivity index (χ0n) is 18.1. The summed E-state index contributed by atoms with van der Waals surface area (Å²) in [6.07, 6.45) is 4.33. The Morgan fingerprint density at radius 3 is 2.65 bits per heavy atom. The van der Waals surface area contributed by atoms with E-state index >= 15 is 0 Å². The molecule has 5 aromatic rings. The summed E-state index contributed by atoms with van der Waals surface area (Å²) in [6, 6.07) is 15.3. The number of anilines is 2. The largest absolute Gasteiger partial charge is 0.450 e. The van der Waals surface area contributed by atoms with E-state index < -0.39 is 0 Å². The molecule has 3 aromatic heterocycles. The van der Waals surface area contributed by atoms with Gasteiger partial charge in [0.2, 0.25) is 0 Å². The number of aromatic nitrogens is 4. The number of carbonyl (C=O) groups is 1. The smallest absolute Gasteiger partial charge is 0.258 e. The van der Waals surface area contributed by atoms with E-state index in [2.05, 4.69) is 20.2 Å². The van der Waals surface area contributed by atoms with Crippen LogP contribution in [0.4, 0.5) is 11.5 Å². The average Bonchev–Trinajstić information content (AvgIpc) is 3.28. The van der Waals surface area contributed by atoms with Crippen LogP contribution in [0, 0.1) is 0 Å². The normalized spacial score (nSPS) is 13.9. The molecule has 2 aromatic carbocycles. The van der Waals surface area contributed by atoms with Crippen molar-refractivity contribution in [2.45, 2.75) is 0 Å². The van der Waals surface area contributed by atoms with Crippen LogP contribution in [0.3, 0.4) is 0 Å². The fourth-order valence-electron chi connectivity index (χ4n) is 4.05. The van der Waals surface area contributed by atoms with Gasteiger partial charge in [-0.15, -0.1) is 0 Å². The molecule has 1 N–H and O–H groups in total. The molecule has 1 aliphatic heterocycles. The molecule has 4 heterocycles. The molecule has 168 valence electrons. The quantitative estimate of drug-likeness (QED) is 0.437. The highest BCUT2D eigenvalue weighted by atomic mass is 16.5. The Kier molecular flexibility index (Phi) is 5.08. The molecular weight excluding hydrogens is 432 g/mol. The lowest BCUT2D eigenvalue weighted by Crippen LogP contribution is -2.37. The van der Waals surface area contributed by atoms with Crippen LogP contribution in [0.15, 0.2) is 71.7 Å². The molecule has 34 heavy (non-hydrogen) atoms. The maximum Gasteiger partial charge on any atom is 0.258 e. The molecule has 0 unspecified atom stereocenters. The number of para-hydroxylation sites is 1. The van der Waals surface area contributed by atoms with E-state index in [0.717, 1.165) is 41.0 Å². The van der Waals surface area contributed by atoms with Crippen molar-refractivity contribution in [3.63, 3.8) is 0 Å². The molecule has 6 rings (SSSR count). The number of nitrogens with one attached hydrogen (secondary N) is 1. The standard InChI is InChI=1S/C25H20N6O3/c32-25(17-13-26-15-27-14-17)28-18-5-3-4-16(12-18)23-29-21-19-6-1-2-7-20(19)34-22(21)24(30-23)31-8-10-33-11-9-31/h1-7,12-15H,8-11H2,(H,28,32). The summed E-state index contributed by atoms with van der Waals surface area (Å²) in [4.78, 5) is 32.3. The van der Waals surface area contributed by atoms with Gasteiger partial charge in [0, 0.05) is 42.1 Å². The molecule has 9 heteroatoms. The highest BCUT2D eigenvalue weighted by Crippen LogP contribution is 2.35. The van der Waals surface area contributed by atoms with Crippen molar-refractivity contribution in [1.29, 1.82) is 0 Å². The van der Waals surface area contributed by atoms with Crippen LogP contribution in [0.5, 0.6) is 0 Å². The monoisotopic (exact) mass is 452 g/mol. The number of furan rings is 1. The predicted octanol–water partition coefficient (Wildman–Crippen LogP) is 3.92. The molecular formula is C25H20N6O3. The SMILES string of the molecule is O=C(Nc1cccc(-c2nc(N3CCOCC3)c3oc4ccccc4c3n2)c1)c1cncnc1. The first-order valence-electron chi connectivity index (χ1n) is 10.9. The Labute approximate surface area is 194 Å². The van der Waals surface area contributed by atoms with Crippen LogP contribution in [0.1, 0.15) is 10.4 Å². The van der Waals surface area contributed by atoms with Crippen molar-refractivity contribution in [2.75, 3.05) is 36.5 Å². The van der Waals surface area contributed by atoms with Gasteiger partial charge in [-0.05, 0) is 24.3 Å². The number of morpholine rings is 1. The minimum atomic E-state index is -0.288. The van der Waals surface area contributed by atoms with Crippen molar-refractivity contribution in [1.82, 2.24) is 19.9 Å². The topological polar surface area (TPSA) is 106 Å². The summed E-state index contributed by atoms with van der Waals surface area (Å²) in [5, 5.41) is 3.82. The second kappa shape index (κ2) is 8.53. The summed E-state index contributed by atoms with van der Waals surface area (Å²) in [7, 11) is 0. The molecule has 1 aliphatic rings. The van der Waals surface area contributed by atoms with Crippen LogP contribution in [0.25, 0.3) is 33.5 Å². The fraction of sp³-hybridized carbons (Fsp3) is 0.160. The van der Waals surface area contributed by atoms with Gasteiger partial charge in [0.15, 0.2) is 17.2 Å². The number of hydrogen-bond donors (Lipinski definition) is 1. The molecule has 0 atom stereocenters. The number of rotatable bonds is 4. The number of amides is 1. The summed E-state index contributed by atoms with van der Waals surface area (Å²) in [5.41, 5.74) is 3.98. The van der Waals surface area contributed by atoms with Gasteiger partial charge in [0.25, 0.3) is 5.91 Å². The zero-order valence-corrected chi connectivity index (χ0v) is 18.1. The molecule has 0 radical (unpaired) electrons. The first kappa shape index (κ1) is 20.3. The van der Waals surface area contributed by atoms with Crippen LogP contribution in [0.2, 0.25) is 0 Å². The Bertz CT molecular complexity index is 1500. The summed E-state index contributed by atoms with van der Waals surface area (Å²) in [5.74, 6) is 1.01. The van der Waals surface area contributed by atoms with Crippen molar-refractivity contribution >= 4 is 39.5 Å². The number of fused-ring (bicyclic) bond motifs is 3. The van der Waals surface area contributed by atoms with E-state index in [-0.39, 0.29) is 5.91 Å². The minimum absolute atomic E-state index is 0.288. The second-order valence-corrected chi connectivity index (χ2v) is 7.91. The molecule has 1 saturated heterocycles. The van der Waals surface area contributed by atoms with Crippen LogP contribution in [-0.4, -0.2) is 52.1 Å². The van der Waals surface area contributed by atoms with Gasteiger partial charge < -0.3 is 19.4 Å². The zero-order chi connectivity index (χ0) is 22.9. The number of nitrogens with zero attached hydrogens (tertiary/aromatic N) is 5. The lowest BCUT2D eigenvalue weighted by Gasteiger charge is -2.27. The summed E-state index contributed by atoms with van der Waals surface area (Å²) >= 11 is 0. The van der Waals surface area contributed by atoms with E-state index in [9.17, 15) is 4.79 Å². The van der Waals surface area contributed by atoms with E-state index in [0.29, 0.717) is 35.9 Å². The average molecular weight is 452 g/mol. The Hall–Kier alpha value is -4.37. The van der Waals surface area contributed by atoms with Crippen LogP contribution in [-0.2, 0) is 4.74 Å². The number of hydrogen-bond acceptors (Lipinski definition) is 8. The maximum atomic E-state index is 12.6. The highest BCUT2D eigenvalue weighted by Gasteiger charge is 2.22. The number of ether oxygens (including phenoxy) is 1. The van der Waals surface area contributed by atoms with Crippen LogP contribution >= 0.6 is 0 Å². The van der Waals surface area contributed by atoms with Gasteiger partial charge in [-0.1, -0.05) is 24.3 Å². The maximum absolute atomic E-state index is 12.6. The summed E-state index contributed by atoms with van der Waals surface area (Å²) < 4.78 is 11.7. The number of carbonyl (C=O) groups excluding carboxylic acids is 1. The van der Waals surface area contributed by atoms with E-state index in [4.69, 9.17) is 19.1 Å². The van der Waals surface area contributed by atoms with Crippen molar-refractivity contribution < 1.29 is 13.9 Å². The molecule has 0 aliphatic carbocycles. The third-order valence-electron chi connectivity index (χ3n) is 5.71. The van der Waals surface area contributed by atoms with Gasteiger partial charge in [0.05, 0.1) is 18.8 Å². The molecule has 0 saturated carbocycles. The summed E-state index contributed by atoms with van der Waals surface area (Å²) in [6.45, 7) is 2.70. The minimum Gasteiger partial charge on any atom is -0.450 e. The van der Waals surface area contributed by atoms with Gasteiger partial charge in [-0.3, -0.25) is 4.79 Å². The van der Waals surface area contributed by atoms with Crippen molar-refractivity contribution in [2.24, 2.45) is 0 Å².